The van der Waals surface area contributed by atoms with E-state index >= 15 is 0 Å². The Balaban J connectivity index is 1.80. The van der Waals surface area contributed by atoms with Gasteiger partial charge in [-0.15, -0.1) is 0 Å². The van der Waals surface area contributed by atoms with Crippen molar-refractivity contribution in [2.45, 2.75) is 136 Å². The first-order chi connectivity index (χ1) is 28.2. The standard InChI is InChI=1S/C44H70N6O10/c1-13-27(6)38(47(9)43(56)36(25(2)3)46-41(54)37(26(4)5)48(10)50-35(52)22-28(7)42(50)55)33(59-11)24-34(51)49-21-17-20-32(49)39(60-12)29(8)40(53)45-31(44(57)58)23-30-18-15-14-16-19-30/h14-16,18-19,25-29,31-33,36-39H,13,17,20-24H2,1-12H3,(H,45,53)(H,46,54)(H,57,58)/t27-,28?,29+,31-,32-,33+,36-,37-,38-,39+/m0/s1. The van der Waals surface area contributed by atoms with Crippen LogP contribution in [0.25, 0.3) is 0 Å². The van der Waals surface area contributed by atoms with Gasteiger partial charge in [0, 0.05) is 53.6 Å². The molecule has 0 bridgehead atoms. The molecule has 10 atom stereocenters. The maximum absolute atomic E-state index is 14.5. The Bertz CT molecular complexity index is 1660. The fraction of sp³-hybridized carbons (Fsp3) is 0.705. The third-order valence-electron chi connectivity index (χ3n) is 12.4. The van der Waals surface area contributed by atoms with E-state index in [1.807, 2.05) is 47.6 Å². The third kappa shape index (κ3) is 11.9. The number of methoxy groups -OCH3 is 2. The monoisotopic (exact) mass is 843 g/mol. The maximum atomic E-state index is 14.5. The lowest BCUT2D eigenvalue weighted by molar-refractivity contribution is -0.164. The lowest BCUT2D eigenvalue weighted by atomic mass is 9.89. The van der Waals surface area contributed by atoms with Gasteiger partial charge < -0.3 is 35.0 Å². The van der Waals surface area contributed by atoms with Crippen LogP contribution in [0.4, 0.5) is 0 Å². The number of hydrazine groups is 1. The second-order valence-electron chi connectivity index (χ2n) is 17.3. The molecule has 16 heteroatoms. The molecule has 3 N–H and O–H groups in total. The Morgan fingerprint density at radius 1 is 0.917 bits per heavy atom. The number of rotatable bonds is 22. The number of imide groups is 1. The molecule has 2 aliphatic heterocycles. The third-order valence-corrected chi connectivity index (χ3v) is 12.4. The number of carboxylic acids is 1. The van der Waals surface area contributed by atoms with Crippen LogP contribution in [-0.2, 0) is 49.5 Å². The van der Waals surface area contributed by atoms with Crippen molar-refractivity contribution < 1.29 is 48.1 Å². The van der Waals surface area contributed by atoms with Crippen molar-refractivity contribution in [2.24, 2.45) is 29.6 Å². The molecule has 6 amide bonds. The van der Waals surface area contributed by atoms with Gasteiger partial charge in [-0.1, -0.05) is 92.1 Å². The molecule has 2 saturated heterocycles. The lowest BCUT2D eigenvalue weighted by Crippen LogP contribution is -2.62. The van der Waals surface area contributed by atoms with Crippen molar-refractivity contribution in [3.63, 3.8) is 0 Å². The minimum absolute atomic E-state index is 0.0554. The molecule has 2 fully saturated rings. The summed E-state index contributed by atoms with van der Waals surface area (Å²) in [5, 5.41) is 17.9. The molecule has 3 rings (SSSR count). The van der Waals surface area contributed by atoms with E-state index in [0.29, 0.717) is 25.8 Å². The van der Waals surface area contributed by atoms with Crippen LogP contribution in [0, 0.1) is 29.6 Å². The van der Waals surface area contributed by atoms with E-state index in [1.54, 1.807) is 55.0 Å². The number of carboxylic acid groups (broad SMARTS) is 1. The first kappa shape index (κ1) is 49.9. The summed E-state index contributed by atoms with van der Waals surface area (Å²) in [4.78, 5) is 97.3. The molecule has 1 aromatic rings. The molecule has 0 radical (unpaired) electrons. The summed E-state index contributed by atoms with van der Waals surface area (Å²) in [6, 6.07) is 4.92. The number of nitrogens with zero attached hydrogens (tertiary/aromatic N) is 4. The van der Waals surface area contributed by atoms with Crippen molar-refractivity contribution in [2.75, 3.05) is 34.9 Å². The largest absolute Gasteiger partial charge is 0.480 e. The van der Waals surface area contributed by atoms with Crippen molar-refractivity contribution >= 4 is 41.4 Å². The normalized spacial score (nSPS) is 21.1. The smallest absolute Gasteiger partial charge is 0.326 e. The fourth-order valence-electron chi connectivity index (χ4n) is 8.76. The molecular formula is C44H70N6O10. The number of amides is 6. The molecule has 336 valence electrons. The Hall–Kier alpha value is -4.41. The fourth-order valence-corrected chi connectivity index (χ4v) is 8.76. The zero-order valence-corrected chi connectivity index (χ0v) is 37.7. The second-order valence-corrected chi connectivity index (χ2v) is 17.3. The van der Waals surface area contributed by atoms with Crippen LogP contribution in [0.1, 0.15) is 93.1 Å². The van der Waals surface area contributed by atoms with Crippen molar-refractivity contribution in [3.8, 4) is 0 Å². The summed E-state index contributed by atoms with van der Waals surface area (Å²) in [6.07, 6.45) is 0.499. The van der Waals surface area contributed by atoms with E-state index in [1.165, 1.54) is 26.3 Å². The quantitative estimate of drug-likeness (QED) is 0.145. The highest BCUT2D eigenvalue weighted by atomic mass is 16.5. The molecule has 0 aromatic heterocycles. The highest BCUT2D eigenvalue weighted by molar-refractivity contribution is 6.03. The van der Waals surface area contributed by atoms with E-state index in [2.05, 4.69) is 10.6 Å². The zero-order valence-electron chi connectivity index (χ0n) is 37.7. The Morgan fingerprint density at radius 3 is 2.05 bits per heavy atom. The van der Waals surface area contributed by atoms with Gasteiger partial charge in [-0.25, -0.2) is 14.8 Å². The van der Waals surface area contributed by atoms with Crippen molar-refractivity contribution in [1.82, 2.24) is 30.5 Å². The first-order valence-corrected chi connectivity index (χ1v) is 21.3. The van der Waals surface area contributed by atoms with Crippen molar-refractivity contribution in [1.29, 1.82) is 0 Å². The van der Waals surface area contributed by atoms with E-state index < -0.39 is 72.0 Å². The molecule has 2 heterocycles. The minimum atomic E-state index is -1.16. The molecule has 2 aliphatic rings. The van der Waals surface area contributed by atoms with Gasteiger partial charge in [0.15, 0.2) is 0 Å². The molecule has 16 nitrogen and oxygen atoms in total. The van der Waals surface area contributed by atoms with Gasteiger partial charge in [-0.05, 0) is 36.2 Å². The van der Waals surface area contributed by atoms with Gasteiger partial charge in [-0.2, -0.15) is 0 Å². The Morgan fingerprint density at radius 2 is 1.55 bits per heavy atom. The SMILES string of the molecule is CC[C@H](C)[C@@H]([C@@H](CC(=O)N1CCC[C@H]1[C@H](OC)[C@@H](C)C(=O)N[C@@H](Cc1ccccc1)C(=O)O)OC)N(C)C(=O)[C@@H](NC(=O)[C@H](C(C)C)N(C)N1C(=O)CC(C)C1=O)C(C)C. The molecule has 1 unspecified atom stereocenters. The number of likely N-dealkylation sites (N-methyl/N-ethyl adjacent to an activating group) is 2. The van der Waals surface area contributed by atoms with Gasteiger partial charge in [0.05, 0.1) is 36.6 Å². The van der Waals surface area contributed by atoms with Gasteiger partial charge in [0.25, 0.3) is 0 Å². The van der Waals surface area contributed by atoms with Crippen LogP contribution in [-0.4, -0.2) is 144 Å². The predicted molar refractivity (Wildman–Crippen MR) is 225 cm³/mol. The van der Waals surface area contributed by atoms with Gasteiger partial charge in [0.1, 0.15) is 18.1 Å². The number of nitrogens with one attached hydrogen (secondary N) is 2. The van der Waals surface area contributed by atoms with Crippen LogP contribution in [0.15, 0.2) is 30.3 Å². The van der Waals surface area contributed by atoms with E-state index in [-0.39, 0.29) is 60.6 Å². The molecule has 60 heavy (non-hydrogen) atoms. The molecular weight excluding hydrogens is 773 g/mol. The van der Waals surface area contributed by atoms with Gasteiger partial charge in [0.2, 0.25) is 35.4 Å². The Labute approximate surface area is 356 Å². The number of carbonyl (C=O) groups is 7. The van der Waals surface area contributed by atoms with Gasteiger partial charge >= 0.3 is 5.97 Å². The van der Waals surface area contributed by atoms with Gasteiger partial charge in [-0.3, -0.25) is 28.8 Å². The van der Waals surface area contributed by atoms with Crippen LogP contribution in [0.5, 0.6) is 0 Å². The summed E-state index contributed by atoms with van der Waals surface area (Å²) < 4.78 is 11.9. The molecule has 1 aromatic carbocycles. The average Bonchev–Trinajstić information content (AvgIpc) is 3.78. The van der Waals surface area contributed by atoms with Crippen LogP contribution >= 0.6 is 0 Å². The zero-order chi connectivity index (χ0) is 45.2. The predicted octanol–water partition coefficient (Wildman–Crippen LogP) is 3.13. The summed E-state index contributed by atoms with van der Waals surface area (Å²) in [5.74, 6) is -5.64. The first-order valence-electron chi connectivity index (χ1n) is 21.3. The molecule has 0 saturated carbocycles. The maximum Gasteiger partial charge on any atom is 0.326 e. The summed E-state index contributed by atoms with van der Waals surface area (Å²) >= 11 is 0. The average molecular weight is 843 g/mol. The number of ether oxygens (including phenoxy) is 2. The lowest BCUT2D eigenvalue weighted by Gasteiger charge is -2.41. The van der Waals surface area contributed by atoms with E-state index in [9.17, 15) is 38.7 Å². The number of benzene rings is 1. The Kier molecular flexibility index (Phi) is 18.7. The van der Waals surface area contributed by atoms with E-state index in [0.717, 1.165) is 10.6 Å². The number of hydrogen-bond acceptors (Lipinski definition) is 10. The second kappa shape index (κ2) is 22.4. The molecule has 0 spiro atoms. The topological polar surface area (TPSA) is 195 Å². The van der Waals surface area contributed by atoms with Crippen LogP contribution in [0.3, 0.4) is 0 Å². The number of carbonyl (C=O) groups excluding carboxylic acids is 6. The summed E-state index contributed by atoms with van der Waals surface area (Å²) in [5.41, 5.74) is 0.765. The number of likely N-dealkylation sites (tertiary alicyclic amines) is 1. The van der Waals surface area contributed by atoms with Crippen molar-refractivity contribution in [3.05, 3.63) is 35.9 Å². The highest BCUT2D eigenvalue weighted by Gasteiger charge is 2.46. The minimum Gasteiger partial charge on any atom is -0.480 e. The number of hydrogen-bond donors (Lipinski definition) is 3. The summed E-state index contributed by atoms with van der Waals surface area (Å²) in [7, 11) is 6.15. The van der Waals surface area contributed by atoms with Crippen LogP contribution < -0.4 is 10.6 Å². The highest BCUT2D eigenvalue weighted by Crippen LogP contribution is 2.30. The summed E-state index contributed by atoms with van der Waals surface area (Å²) in [6.45, 7) is 15.0. The molecule has 0 aliphatic carbocycles. The van der Waals surface area contributed by atoms with Crippen LogP contribution in [0.2, 0.25) is 0 Å². The number of aliphatic carboxylic acids is 1. The van der Waals surface area contributed by atoms with E-state index in [4.69, 9.17) is 9.47 Å².